The van der Waals surface area contributed by atoms with E-state index in [-0.39, 0.29) is 0 Å². The van der Waals surface area contributed by atoms with Crippen molar-refractivity contribution in [3.05, 3.63) is 54.2 Å². The summed E-state index contributed by atoms with van der Waals surface area (Å²) in [5.41, 5.74) is 1.34. The first-order chi connectivity index (χ1) is 9.81. The van der Waals surface area contributed by atoms with Crippen LogP contribution >= 0.6 is 0 Å². The van der Waals surface area contributed by atoms with E-state index in [0.29, 0.717) is 12.0 Å². The van der Waals surface area contributed by atoms with E-state index in [1.54, 1.807) is 6.26 Å². The Morgan fingerprint density at radius 3 is 2.70 bits per heavy atom. The second-order valence-electron chi connectivity index (χ2n) is 5.25. The van der Waals surface area contributed by atoms with Gasteiger partial charge in [0, 0.05) is 24.9 Å². The summed E-state index contributed by atoms with van der Waals surface area (Å²) in [5, 5.41) is 3.67. The third-order valence-electron chi connectivity index (χ3n) is 3.77. The molecule has 2 rings (SSSR count). The van der Waals surface area contributed by atoms with Crippen LogP contribution in [0.25, 0.3) is 0 Å². The number of furan rings is 1. The zero-order valence-electron chi connectivity index (χ0n) is 12.4. The van der Waals surface area contributed by atoms with E-state index < -0.39 is 0 Å². The fourth-order valence-corrected chi connectivity index (χ4v) is 2.51. The Balaban J connectivity index is 1.98. The van der Waals surface area contributed by atoms with Crippen molar-refractivity contribution in [2.75, 3.05) is 6.54 Å². The van der Waals surface area contributed by atoms with Gasteiger partial charge in [-0.05, 0) is 55.1 Å². The minimum atomic E-state index is 0.461. The predicted molar refractivity (Wildman–Crippen MR) is 81.8 cm³/mol. The summed E-state index contributed by atoms with van der Waals surface area (Å²) in [7, 11) is 0. The lowest BCUT2D eigenvalue weighted by Gasteiger charge is -2.25. The van der Waals surface area contributed by atoms with Gasteiger partial charge in [-0.3, -0.25) is 4.98 Å². The number of hydrogen-bond acceptors (Lipinski definition) is 3. The van der Waals surface area contributed by atoms with Crippen LogP contribution in [0.2, 0.25) is 0 Å². The molecular weight excluding hydrogens is 248 g/mol. The van der Waals surface area contributed by atoms with Crippen molar-refractivity contribution in [1.82, 2.24) is 10.3 Å². The van der Waals surface area contributed by atoms with E-state index in [1.165, 1.54) is 5.56 Å². The molecule has 0 saturated carbocycles. The van der Waals surface area contributed by atoms with Crippen molar-refractivity contribution in [2.24, 2.45) is 0 Å². The fraction of sp³-hybridized carbons (Fsp3) is 0.471. The Hall–Kier alpha value is -1.61. The van der Waals surface area contributed by atoms with Crippen molar-refractivity contribution >= 4 is 0 Å². The zero-order valence-corrected chi connectivity index (χ0v) is 12.4. The lowest BCUT2D eigenvalue weighted by Crippen LogP contribution is -2.34. The minimum absolute atomic E-state index is 0.461. The number of rotatable bonds is 8. The molecule has 2 aromatic rings. The maximum atomic E-state index is 5.44. The third-order valence-corrected chi connectivity index (χ3v) is 3.77. The SMILES string of the molecule is CCCNC(CCc1ccco1)C(C)c1ccncc1. The molecule has 0 aliphatic rings. The van der Waals surface area contributed by atoms with E-state index >= 15 is 0 Å². The molecule has 3 heteroatoms. The Morgan fingerprint density at radius 2 is 2.05 bits per heavy atom. The molecule has 2 atom stereocenters. The number of hydrogen-bond donors (Lipinski definition) is 1. The molecule has 1 N–H and O–H groups in total. The molecule has 0 saturated heterocycles. The highest BCUT2D eigenvalue weighted by molar-refractivity contribution is 5.17. The van der Waals surface area contributed by atoms with Crippen LogP contribution < -0.4 is 5.32 Å². The van der Waals surface area contributed by atoms with Gasteiger partial charge in [0.2, 0.25) is 0 Å². The Kier molecular flexibility index (Phi) is 5.81. The monoisotopic (exact) mass is 272 g/mol. The number of aryl methyl sites for hydroxylation is 1. The van der Waals surface area contributed by atoms with Gasteiger partial charge in [-0.2, -0.15) is 0 Å². The van der Waals surface area contributed by atoms with Crippen molar-refractivity contribution in [3.63, 3.8) is 0 Å². The molecule has 0 amide bonds. The molecule has 20 heavy (non-hydrogen) atoms. The van der Waals surface area contributed by atoms with Crippen LogP contribution in [0.1, 0.15) is 43.9 Å². The molecule has 0 fully saturated rings. The van der Waals surface area contributed by atoms with Gasteiger partial charge in [0.1, 0.15) is 5.76 Å². The van der Waals surface area contributed by atoms with Crippen molar-refractivity contribution in [2.45, 2.75) is 45.1 Å². The molecule has 0 bridgehead atoms. The average molecular weight is 272 g/mol. The number of aromatic nitrogens is 1. The van der Waals surface area contributed by atoms with Crippen LogP contribution in [0, 0.1) is 0 Å². The van der Waals surface area contributed by atoms with E-state index in [0.717, 1.165) is 31.6 Å². The molecule has 0 aromatic carbocycles. The quantitative estimate of drug-likeness (QED) is 0.794. The third kappa shape index (κ3) is 4.20. The Bertz CT molecular complexity index is 467. The number of pyridine rings is 1. The normalized spacial score (nSPS) is 14.1. The van der Waals surface area contributed by atoms with Gasteiger partial charge in [0.25, 0.3) is 0 Å². The highest BCUT2D eigenvalue weighted by atomic mass is 16.3. The molecule has 2 heterocycles. The summed E-state index contributed by atoms with van der Waals surface area (Å²) in [5.74, 6) is 1.54. The van der Waals surface area contributed by atoms with E-state index in [1.807, 2.05) is 24.5 Å². The summed E-state index contributed by atoms with van der Waals surface area (Å²) >= 11 is 0. The van der Waals surface area contributed by atoms with Gasteiger partial charge in [-0.25, -0.2) is 0 Å². The molecular formula is C17H24N2O. The standard InChI is InChI=1S/C17H24N2O/c1-3-10-19-17(7-6-16-5-4-13-20-16)14(2)15-8-11-18-12-9-15/h4-5,8-9,11-14,17,19H,3,6-7,10H2,1-2H3. The predicted octanol–water partition coefficient (Wildman–Crippen LogP) is 3.78. The van der Waals surface area contributed by atoms with Crippen LogP contribution in [0.4, 0.5) is 0 Å². The smallest absolute Gasteiger partial charge is 0.103 e. The van der Waals surface area contributed by atoms with Crippen molar-refractivity contribution in [1.29, 1.82) is 0 Å². The van der Waals surface area contributed by atoms with Gasteiger partial charge >= 0.3 is 0 Å². The Morgan fingerprint density at radius 1 is 1.25 bits per heavy atom. The fourth-order valence-electron chi connectivity index (χ4n) is 2.51. The molecule has 0 aliphatic heterocycles. The lowest BCUT2D eigenvalue weighted by molar-refractivity contribution is 0.404. The van der Waals surface area contributed by atoms with Crippen LogP contribution in [0.15, 0.2) is 47.3 Å². The first-order valence-corrected chi connectivity index (χ1v) is 7.47. The van der Waals surface area contributed by atoms with Crippen LogP contribution in [0.3, 0.4) is 0 Å². The summed E-state index contributed by atoms with van der Waals surface area (Å²) in [6.45, 7) is 5.54. The van der Waals surface area contributed by atoms with Gasteiger partial charge in [0.15, 0.2) is 0 Å². The van der Waals surface area contributed by atoms with E-state index in [4.69, 9.17) is 4.42 Å². The summed E-state index contributed by atoms with van der Waals surface area (Å²) in [6.07, 6.45) is 8.70. The van der Waals surface area contributed by atoms with Gasteiger partial charge in [-0.1, -0.05) is 13.8 Å². The minimum Gasteiger partial charge on any atom is -0.469 e. The topological polar surface area (TPSA) is 38.1 Å². The van der Waals surface area contributed by atoms with E-state index in [9.17, 15) is 0 Å². The van der Waals surface area contributed by atoms with E-state index in [2.05, 4.69) is 36.3 Å². The number of nitrogens with one attached hydrogen (secondary N) is 1. The second kappa shape index (κ2) is 7.85. The lowest BCUT2D eigenvalue weighted by atomic mass is 9.90. The molecule has 3 nitrogen and oxygen atoms in total. The first kappa shape index (κ1) is 14.8. The molecule has 2 unspecified atom stereocenters. The molecule has 0 aliphatic carbocycles. The Labute approximate surface area is 121 Å². The second-order valence-corrected chi connectivity index (χ2v) is 5.25. The van der Waals surface area contributed by atoms with Gasteiger partial charge in [0.05, 0.1) is 6.26 Å². The molecule has 0 radical (unpaired) electrons. The first-order valence-electron chi connectivity index (χ1n) is 7.47. The maximum absolute atomic E-state index is 5.44. The average Bonchev–Trinajstić information content (AvgIpc) is 3.01. The highest BCUT2D eigenvalue weighted by Gasteiger charge is 2.18. The van der Waals surface area contributed by atoms with Gasteiger partial charge < -0.3 is 9.73 Å². The highest BCUT2D eigenvalue weighted by Crippen LogP contribution is 2.22. The molecule has 0 spiro atoms. The van der Waals surface area contributed by atoms with Crippen LogP contribution in [-0.2, 0) is 6.42 Å². The zero-order chi connectivity index (χ0) is 14.2. The van der Waals surface area contributed by atoms with Crippen LogP contribution in [-0.4, -0.2) is 17.6 Å². The largest absolute Gasteiger partial charge is 0.469 e. The molecule has 2 aromatic heterocycles. The van der Waals surface area contributed by atoms with Crippen LogP contribution in [0.5, 0.6) is 0 Å². The summed E-state index contributed by atoms with van der Waals surface area (Å²) in [6, 6.07) is 8.68. The molecule has 108 valence electrons. The number of nitrogens with zero attached hydrogens (tertiary/aromatic N) is 1. The van der Waals surface area contributed by atoms with Crippen molar-refractivity contribution < 1.29 is 4.42 Å². The van der Waals surface area contributed by atoms with Crippen molar-refractivity contribution in [3.8, 4) is 0 Å². The van der Waals surface area contributed by atoms with Gasteiger partial charge in [-0.15, -0.1) is 0 Å². The summed E-state index contributed by atoms with van der Waals surface area (Å²) < 4.78 is 5.44. The summed E-state index contributed by atoms with van der Waals surface area (Å²) in [4.78, 5) is 4.10. The maximum Gasteiger partial charge on any atom is 0.103 e.